The Kier molecular flexibility index (Phi) is 5.51. The molecule has 0 saturated heterocycles. The Morgan fingerprint density at radius 3 is 2.50 bits per heavy atom. The fourth-order valence-electron chi connectivity index (χ4n) is 1.08. The molecule has 0 aromatic heterocycles. The van der Waals surface area contributed by atoms with Crippen molar-refractivity contribution in [1.29, 1.82) is 0 Å². The molecule has 1 aromatic carbocycles. The topological polar surface area (TPSA) is 71.2 Å². The zero-order valence-corrected chi connectivity index (χ0v) is 11.6. The highest BCUT2D eigenvalue weighted by Crippen LogP contribution is 2.18. The summed E-state index contributed by atoms with van der Waals surface area (Å²) < 4.78 is 5.67. The van der Waals surface area contributed by atoms with Gasteiger partial charge in [-0.15, -0.1) is 5.11 Å². The minimum Gasteiger partial charge on any atom is -0.510 e. The molecule has 0 atom stereocenters. The van der Waals surface area contributed by atoms with Crippen LogP contribution in [0.25, 0.3) is 0 Å². The van der Waals surface area contributed by atoms with Gasteiger partial charge in [0, 0.05) is 4.47 Å². The van der Waals surface area contributed by atoms with E-state index in [1.807, 2.05) is 0 Å². The van der Waals surface area contributed by atoms with Crippen molar-refractivity contribution in [3.8, 4) is 0 Å². The van der Waals surface area contributed by atoms with Crippen LogP contribution < -0.4 is 0 Å². The van der Waals surface area contributed by atoms with Crippen molar-refractivity contribution < 1.29 is 14.6 Å². The Morgan fingerprint density at radius 2 is 2.00 bits per heavy atom. The van der Waals surface area contributed by atoms with E-state index in [4.69, 9.17) is 4.74 Å². The number of carbonyl (C=O) groups excluding carboxylic acids is 1. The van der Waals surface area contributed by atoms with Crippen molar-refractivity contribution in [2.45, 2.75) is 13.8 Å². The Morgan fingerprint density at radius 1 is 1.39 bits per heavy atom. The zero-order valence-electron chi connectivity index (χ0n) is 10.1. The van der Waals surface area contributed by atoms with Gasteiger partial charge < -0.3 is 9.84 Å². The molecule has 96 valence electrons. The highest BCUT2D eigenvalue weighted by molar-refractivity contribution is 9.10. The monoisotopic (exact) mass is 312 g/mol. The van der Waals surface area contributed by atoms with Crippen LogP contribution in [0.4, 0.5) is 5.69 Å². The van der Waals surface area contributed by atoms with Crippen molar-refractivity contribution in [3.63, 3.8) is 0 Å². The van der Waals surface area contributed by atoms with Crippen LogP contribution in [0.5, 0.6) is 0 Å². The molecule has 0 aliphatic heterocycles. The molecule has 5 nitrogen and oxygen atoms in total. The maximum Gasteiger partial charge on any atom is 0.362 e. The third kappa shape index (κ3) is 4.29. The molecule has 0 aliphatic rings. The number of nitrogens with zero attached hydrogens (tertiary/aromatic N) is 2. The molecule has 0 amide bonds. The van der Waals surface area contributed by atoms with Crippen LogP contribution >= 0.6 is 15.9 Å². The molecule has 0 spiro atoms. The van der Waals surface area contributed by atoms with E-state index in [1.165, 1.54) is 6.92 Å². The molecule has 1 rings (SSSR count). The van der Waals surface area contributed by atoms with Crippen molar-refractivity contribution in [1.82, 2.24) is 0 Å². The number of halogens is 1. The third-order valence-corrected chi connectivity index (χ3v) is 2.43. The van der Waals surface area contributed by atoms with Crippen molar-refractivity contribution >= 4 is 27.6 Å². The summed E-state index contributed by atoms with van der Waals surface area (Å²) in [7, 11) is 0. The molecule has 1 aromatic rings. The van der Waals surface area contributed by atoms with Gasteiger partial charge in [0.05, 0.1) is 12.3 Å². The summed E-state index contributed by atoms with van der Waals surface area (Å²) in [6.07, 6.45) is 0. The maximum atomic E-state index is 11.5. The number of aliphatic hydroxyl groups is 1. The van der Waals surface area contributed by atoms with Crippen molar-refractivity contribution in [2.75, 3.05) is 6.61 Å². The minimum atomic E-state index is -0.696. The average Bonchev–Trinajstić information content (AvgIpc) is 2.31. The van der Waals surface area contributed by atoms with Crippen LogP contribution in [-0.4, -0.2) is 17.7 Å². The fraction of sp³-hybridized carbons (Fsp3) is 0.250. The number of benzene rings is 1. The Labute approximate surface area is 113 Å². The largest absolute Gasteiger partial charge is 0.510 e. The number of ether oxygens (including phenoxy) is 1. The molecule has 0 bridgehead atoms. The first-order valence-electron chi connectivity index (χ1n) is 5.29. The Balaban J connectivity index is 2.88. The molecular weight excluding hydrogens is 300 g/mol. The van der Waals surface area contributed by atoms with E-state index in [2.05, 4.69) is 26.2 Å². The van der Waals surface area contributed by atoms with Crippen LogP contribution in [0.2, 0.25) is 0 Å². The number of hydrogen-bond acceptors (Lipinski definition) is 5. The second-order valence-corrected chi connectivity index (χ2v) is 4.25. The first kappa shape index (κ1) is 14.4. The van der Waals surface area contributed by atoms with E-state index in [0.29, 0.717) is 5.69 Å². The summed E-state index contributed by atoms with van der Waals surface area (Å²) in [5, 5.41) is 16.9. The van der Waals surface area contributed by atoms with Gasteiger partial charge >= 0.3 is 5.97 Å². The highest BCUT2D eigenvalue weighted by Gasteiger charge is 2.13. The van der Waals surface area contributed by atoms with Crippen molar-refractivity contribution in [2.24, 2.45) is 10.2 Å². The Hall–Kier alpha value is -1.69. The van der Waals surface area contributed by atoms with Crippen LogP contribution in [0.1, 0.15) is 13.8 Å². The maximum absolute atomic E-state index is 11.5. The number of azo groups is 1. The molecule has 18 heavy (non-hydrogen) atoms. The summed E-state index contributed by atoms with van der Waals surface area (Å²) in [5.74, 6) is -0.923. The second-order valence-electron chi connectivity index (χ2n) is 3.33. The minimum absolute atomic E-state index is 0.195. The third-order valence-electron chi connectivity index (χ3n) is 1.90. The van der Waals surface area contributed by atoms with Gasteiger partial charge in [0.15, 0.2) is 0 Å². The molecule has 0 aliphatic carbocycles. The van der Waals surface area contributed by atoms with E-state index < -0.39 is 5.97 Å². The molecule has 0 heterocycles. The normalized spacial score (nSPS) is 12.4. The molecule has 0 saturated carbocycles. The van der Waals surface area contributed by atoms with Crippen LogP contribution in [0, 0.1) is 0 Å². The predicted octanol–water partition coefficient (Wildman–Crippen LogP) is 3.89. The van der Waals surface area contributed by atoms with Gasteiger partial charge in [0.2, 0.25) is 5.70 Å². The number of esters is 1. The smallest absolute Gasteiger partial charge is 0.362 e. The van der Waals surface area contributed by atoms with E-state index in [0.717, 1.165) is 4.47 Å². The SMILES string of the molecule is CCOC(=O)/C(N=Nc1ccc(Br)cc1)=C(\C)O. The number of aliphatic hydroxyl groups excluding tert-OH is 1. The molecular formula is C12H13BrN2O3. The summed E-state index contributed by atoms with van der Waals surface area (Å²) >= 11 is 3.30. The van der Waals surface area contributed by atoms with Crippen LogP contribution in [0.3, 0.4) is 0 Å². The van der Waals surface area contributed by atoms with Gasteiger partial charge in [0.25, 0.3) is 0 Å². The van der Waals surface area contributed by atoms with Crippen molar-refractivity contribution in [3.05, 3.63) is 40.2 Å². The molecule has 0 fully saturated rings. The number of rotatable bonds is 4. The zero-order chi connectivity index (χ0) is 13.5. The van der Waals surface area contributed by atoms with Gasteiger partial charge in [-0.3, -0.25) is 0 Å². The van der Waals surface area contributed by atoms with Crippen LogP contribution in [0.15, 0.2) is 50.4 Å². The van der Waals surface area contributed by atoms with Gasteiger partial charge in [0.1, 0.15) is 5.76 Å². The summed E-state index contributed by atoms with van der Waals surface area (Å²) in [6.45, 7) is 3.24. The Bertz CT molecular complexity index is 477. The summed E-state index contributed by atoms with van der Waals surface area (Å²) in [4.78, 5) is 11.5. The van der Waals surface area contributed by atoms with Crippen LogP contribution in [-0.2, 0) is 9.53 Å². The van der Waals surface area contributed by atoms with Gasteiger partial charge in [-0.05, 0) is 38.1 Å². The lowest BCUT2D eigenvalue weighted by Gasteiger charge is -2.01. The van der Waals surface area contributed by atoms with Gasteiger partial charge in [-0.1, -0.05) is 15.9 Å². The first-order valence-corrected chi connectivity index (χ1v) is 6.08. The highest BCUT2D eigenvalue weighted by atomic mass is 79.9. The first-order chi connectivity index (χ1) is 8.54. The van der Waals surface area contributed by atoms with E-state index >= 15 is 0 Å². The molecule has 1 N–H and O–H groups in total. The summed E-state index contributed by atoms with van der Waals surface area (Å²) in [6, 6.07) is 7.05. The number of carbonyl (C=O) groups is 1. The average molecular weight is 313 g/mol. The number of allylic oxidation sites excluding steroid dienone is 1. The fourth-order valence-corrected chi connectivity index (χ4v) is 1.34. The second kappa shape index (κ2) is 6.90. The van der Waals surface area contributed by atoms with Gasteiger partial charge in [-0.2, -0.15) is 5.11 Å². The quantitative estimate of drug-likeness (QED) is 0.397. The standard InChI is InChI=1S/C12H13BrN2O3/c1-3-18-12(17)11(8(2)16)15-14-10-6-4-9(13)5-7-10/h4-7,16H,3H2,1-2H3/b11-8-,15-14?. The lowest BCUT2D eigenvalue weighted by Crippen LogP contribution is -2.07. The molecule has 0 radical (unpaired) electrons. The van der Waals surface area contributed by atoms with E-state index in [1.54, 1.807) is 31.2 Å². The lowest BCUT2D eigenvalue weighted by molar-refractivity contribution is -0.138. The van der Waals surface area contributed by atoms with E-state index in [9.17, 15) is 9.90 Å². The van der Waals surface area contributed by atoms with Gasteiger partial charge in [-0.25, -0.2) is 4.79 Å². The lowest BCUT2D eigenvalue weighted by atomic mass is 10.3. The predicted molar refractivity (Wildman–Crippen MR) is 70.6 cm³/mol. The number of hydrogen-bond donors (Lipinski definition) is 1. The van der Waals surface area contributed by atoms with E-state index in [-0.39, 0.29) is 18.1 Å². The molecule has 6 heteroatoms. The molecule has 0 unspecified atom stereocenters. The summed E-state index contributed by atoms with van der Waals surface area (Å²) in [5.41, 5.74) is 0.376.